The molecule has 0 atom stereocenters. The van der Waals surface area contributed by atoms with E-state index in [-0.39, 0.29) is 12.5 Å². The summed E-state index contributed by atoms with van der Waals surface area (Å²) in [7, 11) is 0. The van der Waals surface area contributed by atoms with Gasteiger partial charge in [0, 0.05) is 6.20 Å². The number of hydrogen-bond donors (Lipinski definition) is 0. The van der Waals surface area contributed by atoms with Crippen molar-refractivity contribution in [1.82, 2.24) is 4.98 Å². The van der Waals surface area contributed by atoms with E-state index in [1.807, 2.05) is 81.4 Å². The number of hydrogen-bond acceptors (Lipinski definition) is 3. The molecule has 2 aromatic carbocycles. The van der Waals surface area contributed by atoms with Gasteiger partial charge in [-0.25, -0.2) is 4.98 Å². The Hall–Kier alpha value is -3.14. The molecule has 0 saturated carbocycles. The van der Waals surface area contributed by atoms with E-state index in [1.165, 1.54) is 5.56 Å². The van der Waals surface area contributed by atoms with Gasteiger partial charge in [0.2, 0.25) is 0 Å². The third kappa shape index (κ3) is 4.73. The highest BCUT2D eigenvalue weighted by Crippen LogP contribution is 2.23. The van der Waals surface area contributed by atoms with E-state index in [0.717, 1.165) is 22.4 Å². The second kappa shape index (κ2) is 8.49. The number of rotatable bonds is 6. The van der Waals surface area contributed by atoms with Gasteiger partial charge in [-0.05, 0) is 49.6 Å². The van der Waals surface area contributed by atoms with Crippen LogP contribution in [0.25, 0.3) is 0 Å². The van der Waals surface area contributed by atoms with Gasteiger partial charge in [-0.15, -0.1) is 0 Å². The van der Waals surface area contributed by atoms with Crippen LogP contribution in [0.3, 0.4) is 0 Å². The highest BCUT2D eigenvalue weighted by Gasteiger charge is 2.18. The minimum absolute atomic E-state index is 0.0336. The van der Waals surface area contributed by atoms with Gasteiger partial charge in [0.1, 0.15) is 11.6 Å². The van der Waals surface area contributed by atoms with Crippen molar-refractivity contribution in [3.05, 3.63) is 89.1 Å². The number of aryl methyl sites for hydroxylation is 3. The molecule has 27 heavy (non-hydrogen) atoms. The normalized spacial score (nSPS) is 10.5. The first-order chi connectivity index (χ1) is 13.0. The topological polar surface area (TPSA) is 42.4 Å². The average molecular weight is 360 g/mol. The van der Waals surface area contributed by atoms with E-state index in [9.17, 15) is 4.79 Å². The Labute approximate surface area is 160 Å². The second-order valence-electron chi connectivity index (χ2n) is 6.66. The lowest BCUT2D eigenvalue weighted by molar-refractivity contribution is -0.120. The molecule has 3 rings (SSSR count). The van der Waals surface area contributed by atoms with Crippen LogP contribution in [0.4, 0.5) is 5.82 Å². The van der Waals surface area contributed by atoms with Crippen molar-refractivity contribution in [3.8, 4) is 5.75 Å². The number of anilines is 1. The molecule has 0 N–H and O–H groups in total. The first-order valence-corrected chi connectivity index (χ1v) is 9.00. The number of pyridine rings is 1. The zero-order chi connectivity index (χ0) is 19.2. The van der Waals surface area contributed by atoms with Crippen molar-refractivity contribution in [2.75, 3.05) is 11.5 Å². The number of carbonyl (C=O) groups excluding carboxylic acids is 1. The van der Waals surface area contributed by atoms with Crippen LogP contribution in [-0.4, -0.2) is 17.5 Å². The molecule has 1 aromatic heterocycles. The van der Waals surface area contributed by atoms with E-state index in [1.54, 1.807) is 11.1 Å². The van der Waals surface area contributed by atoms with Crippen molar-refractivity contribution in [3.63, 3.8) is 0 Å². The number of amides is 1. The van der Waals surface area contributed by atoms with Crippen LogP contribution in [0.1, 0.15) is 22.3 Å². The van der Waals surface area contributed by atoms with Crippen molar-refractivity contribution in [2.24, 2.45) is 0 Å². The van der Waals surface area contributed by atoms with Crippen LogP contribution in [0, 0.1) is 20.8 Å². The summed E-state index contributed by atoms with van der Waals surface area (Å²) in [6, 6.07) is 19.7. The maximum atomic E-state index is 13.0. The standard InChI is InChI=1S/C23H24N2O2/c1-17-10-12-20(13-11-17)15-25(21-9-4-5-14-24-21)22(26)16-27-23-18(2)7-6-8-19(23)3/h4-14H,15-16H2,1-3H3. The quantitative estimate of drug-likeness (QED) is 0.644. The summed E-state index contributed by atoms with van der Waals surface area (Å²) in [5, 5.41) is 0. The molecular weight excluding hydrogens is 336 g/mol. The summed E-state index contributed by atoms with van der Waals surface area (Å²) in [4.78, 5) is 19.0. The summed E-state index contributed by atoms with van der Waals surface area (Å²) in [6.07, 6.45) is 1.69. The monoisotopic (exact) mass is 360 g/mol. The highest BCUT2D eigenvalue weighted by atomic mass is 16.5. The largest absolute Gasteiger partial charge is 0.483 e. The van der Waals surface area contributed by atoms with Gasteiger partial charge in [-0.2, -0.15) is 0 Å². The van der Waals surface area contributed by atoms with Crippen LogP contribution in [0.5, 0.6) is 5.75 Å². The minimum Gasteiger partial charge on any atom is -0.483 e. The average Bonchev–Trinajstić information content (AvgIpc) is 2.67. The molecule has 1 amide bonds. The van der Waals surface area contributed by atoms with Gasteiger partial charge >= 0.3 is 0 Å². The maximum Gasteiger partial charge on any atom is 0.266 e. The number of ether oxygens (including phenoxy) is 1. The first kappa shape index (κ1) is 18.6. The fraction of sp³-hybridized carbons (Fsp3) is 0.217. The van der Waals surface area contributed by atoms with Crippen LogP contribution >= 0.6 is 0 Å². The summed E-state index contributed by atoms with van der Waals surface area (Å²) in [6.45, 7) is 6.43. The Bertz CT molecular complexity index is 885. The molecule has 0 aliphatic carbocycles. The smallest absolute Gasteiger partial charge is 0.266 e. The molecule has 4 nitrogen and oxygen atoms in total. The molecule has 1 heterocycles. The van der Waals surface area contributed by atoms with Gasteiger partial charge in [-0.1, -0.05) is 54.1 Å². The van der Waals surface area contributed by atoms with Gasteiger partial charge in [0.25, 0.3) is 5.91 Å². The first-order valence-electron chi connectivity index (χ1n) is 9.00. The number of aromatic nitrogens is 1. The number of nitrogens with zero attached hydrogens (tertiary/aromatic N) is 2. The van der Waals surface area contributed by atoms with Crippen LogP contribution in [-0.2, 0) is 11.3 Å². The molecule has 3 aromatic rings. The summed E-state index contributed by atoms with van der Waals surface area (Å²) >= 11 is 0. The Kier molecular flexibility index (Phi) is 5.87. The number of benzene rings is 2. The second-order valence-corrected chi connectivity index (χ2v) is 6.66. The lowest BCUT2D eigenvalue weighted by Crippen LogP contribution is -2.35. The molecule has 0 fully saturated rings. The van der Waals surface area contributed by atoms with Gasteiger partial charge in [-0.3, -0.25) is 9.69 Å². The van der Waals surface area contributed by atoms with E-state index in [0.29, 0.717) is 12.4 Å². The fourth-order valence-electron chi connectivity index (χ4n) is 2.93. The Morgan fingerprint density at radius 2 is 1.63 bits per heavy atom. The van der Waals surface area contributed by atoms with Crippen molar-refractivity contribution in [1.29, 1.82) is 0 Å². The SMILES string of the molecule is Cc1ccc(CN(C(=O)COc2c(C)cccc2C)c2ccccn2)cc1. The van der Waals surface area contributed by atoms with Crippen molar-refractivity contribution >= 4 is 11.7 Å². The summed E-state index contributed by atoms with van der Waals surface area (Å²) < 4.78 is 5.87. The maximum absolute atomic E-state index is 13.0. The van der Waals surface area contributed by atoms with E-state index < -0.39 is 0 Å². The van der Waals surface area contributed by atoms with Gasteiger partial charge < -0.3 is 4.74 Å². The Morgan fingerprint density at radius 1 is 0.926 bits per heavy atom. The van der Waals surface area contributed by atoms with E-state index in [4.69, 9.17) is 4.74 Å². The van der Waals surface area contributed by atoms with Gasteiger partial charge in [0.15, 0.2) is 6.61 Å². The van der Waals surface area contributed by atoms with E-state index >= 15 is 0 Å². The zero-order valence-corrected chi connectivity index (χ0v) is 16.0. The molecule has 0 saturated heterocycles. The zero-order valence-electron chi connectivity index (χ0n) is 16.0. The van der Waals surface area contributed by atoms with Crippen molar-refractivity contribution < 1.29 is 9.53 Å². The summed E-state index contributed by atoms with van der Waals surface area (Å²) in [5.74, 6) is 1.26. The van der Waals surface area contributed by atoms with Crippen LogP contribution < -0.4 is 9.64 Å². The highest BCUT2D eigenvalue weighted by molar-refractivity contribution is 5.93. The molecule has 0 radical (unpaired) electrons. The predicted molar refractivity (Wildman–Crippen MR) is 108 cm³/mol. The van der Waals surface area contributed by atoms with Crippen molar-refractivity contribution in [2.45, 2.75) is 27.3 Å². The molecule has 138 valence electrons. The Balaban J connectivity index is 1.79. The van der Waals surface area contributed by atoms with Gasteiger partial charge in [0.05, 0.1) is 6.54 Å². The lowest BCUT2D eigenvalue weighted by atomic mass is 10.1. The molecule has 4 heteroatoms. The van der Waals surface area contributed by atoms with Crippen LogP contribution in [0.15, 0.2) is 66.9 Å². The molecule has 0 unspecified atom stereocenters. The van der Waals surface area contributed by atoms with E-state index in [2.05, 4.69) is 4.98 Å². The number of carbonyl (C=O) groups is 1. The molecule has 0 aliphatic rings. The third-order valence-corrected chi connectivity index (χ3v) is 4.44. The Morgan fingerprint density at radius 3 is 2.26 bits per heavy atom. The molecule has 0 bridgehead atoms. The molecule has 0 spiro atoms. The predicted octanol–water partition coefficient (Wildman–Crippen LogP) is 4.62. The lowest BCUT2D eigenvalue weighted by Gasteiger charge is -2.22. The molecule has 0 aliphatic heterocycles. The van der Waals surface area contributed by atoms with Crippen LogP contribution in [0.2, 0.25) is 0 Å². The third-order valence-electron chi connectivity index (χ3n) is 4.44. The summed E-state index contributed by atoms with van der Waals surface area (Å²) in [5.41, 5.74) is 4.27. The minimum atomic E-state index is -0.128. The fourth-order valence-corrected chi connectivity index (χ4v) is 2.93. The molecular formula is C23H24N2O2. The number of para-hydroxylation sites is 1.